The molecule has 3 aromatic rings. The highest BCUT2D eigenvalue weighted by Crippen LogP contribution is 2.39. The number of fused-ring (bicyclic) bond motifs is 3. The molecule has 0 saturated carbocycles. The van der Waals surface area contributed by atoms with Crippen molar-refractivity contribution in [1.82, 2.24) is 19.2 Å². The van der Waals surface area contributed by atoms with Crippen LogP contribution in [0.2, 0.25) is 5.02 Å². The Kier molecular flexibility index (Phi) is 5.97. The van der Waals surface area contributed by atoms with Gasteiger partial charge in [-0.25, -0.2) is 17.5 Å². The van der Waals surface area contributed by atoms with Crippen molar-refractivity contribution in [3.8, 4) is 5.75 Å². The molecule has 0 aliphatic carbocycles. The molecular weight excluding hydrogens is 487 g/mol. The predicted molar refractivity (Wildman–Crippen MR) is 125 cm³/mol. The second-order valence-corrected chi connectivity index (χ2v) is 11.4. The van der Waals surface area contributed by atoms with E-state index in [-0.39, 0.29) is 34.7 Å². The van der Waals surface area contributed by atoms with Crippen LogP contribution >= 0.6 is 11.6 Å². The summed E-state index contributed by atoms with van der Waals surface area (Å²) in [5.41, 5.74) is -0.604. The maximum atomic E-state index is 13.6. The Hall–Kier alpha value is -2.92. The lowest BCUT2D eigenvalue weighted by Crippen LogP contribution is -2.42. The third-order valence-corrected chi connectivity index (χ3v) is 8.39. The monoisotopic (exact) mass is 510 g/mol. The van der Waals surface area contributed by atoms with Crippen molar-refractivity contribution >= 4 is 38.2 Å². The summed E-state index contributed by atoms with van der Waals surface area (Å²) in [6.07, 6.45) is 0. The fourth-order valence-corrected chi connectivity index (χ4v) is 5.54. The van der Waals surface area contributed by atoms with Crippen LogP contribution in [0.4, 0.5) is 4.39 Å². The van der Waals surface area contributed by atoms with Crippen LogP contribution in [0.15, 0.2) is 28.0 Å². The molecule has 0 saturated heterocycles. The van der Waals surface area contributed by atoms with Crippen LogP contribution in [0, 0.1) is 5.82 Å². The Morgan fingerprint density at radius 2 is 1.97 bits per heavy atom. The molecule has 1 amide bonds. The average molecular weight is 511 g/mol. The van der Waals surface area contributed by atoms with Crippen molar-refractivity contribution in [3.05, 3.63) is 50.7 Å². The van der Waals surface area contributed by atoms with Gasteiger partial charge in [0.25, 0.3) is 11.5 Å². The van der Waals surface area contributed by atoms with E-state index in [1.165, 1.54) is 35.4 Å². The lowest BCUT2D eigenvalue weighted by molar-refractivity contribution is 0.0686. The minimum absolute atomic E-state index is 0.0869. The molecule has 0 radical (unpaired) electrons. The van der Waals surface area contributed by atoms with Gasteiger partial charge >= 0.3 is 0 Å². The normalized spacial score (nSPS) is 16.5. The third kappa shape index (κ3) is 3.58. The lowest BCUT2D eigenvalue weighted by atomic mass is 10.2. The summed E-state index contributed by atoms with van der Waals surface area (Å²) in [6.45, 7) is 6.96. The van der Waals surface area contributed by atoms with E-state index >= 15 is 0 Å². The van der Waals surface area contributed by atoms with E-state index in [1.54, 1.807) is 13.8 Å². The largest absolute Gasteiger partial charge is 0.505 e. The highest BCUT2D eigenvalue weighted by molar-refractivity contribution is 7.92. The Bertz CT molecular complexity index is 1500. The van der Waals surface area contributed by atoms with E-state index in [9.17, 15) is 27.5 Å². The number of carbonyl (C=O) groups is 1. The van der Waals surface area contributed by atoms with Gasteiger partial charge in [-0.3, -0.25) is 9.59 Å². The Morgan fingerprint density at radius 1 is 1.29 bits per heavy atom. The Balaban J connectivity index is 2.09. The van der Waals surface area contributed by atoms with Crippen LogP contribution < -0.4 is 5.56 Å². The Morgan fingerprint density at radius 3 is 2.56 bits per heavy atom. The number of rotatable bonds is 5. The number of hydrogen-bond donors (Lipinski definition) is 1. The van der Waals surface area contributed by atoms with E-state index in [4.69, 9.17) is 11.6 Å². The van der Waals surface area contributed by atoms with Crippen LogP contribution in [-0.4, -0.2) is 57.0 Å². The summed E-state index contributed by atoms with van der Waals surface area (Å²) in [5.74, 6) is -1.73. The zero-order valence-electron chi connectivity index (χ0n) is 19.0. The SMILES string of the molecule is CCN1C[C@H](C)n2c(c(O)c3c(=O)n(Cc4ccc(F)c(Cl)c4)nc(S(=O)(=O)C(C)C)c32)C1=O. The quantitative estimate of drug-likeness (QED) is 0.564. The van der Waals surface area contributed by atoms with Crippen molar-refractivity contribution in [2.75, 3.05) is 13.1 Å². The molecule has 182 valence electrons. The van der Waals surface area contributed by atoms with Gasteiger partial charge < -0.3 is 14.6 Å². The van der Waals surface area contributed by atoms with Gasteiger partial charge in [-0.15, -0.1) is 0 Å². The van der Waals surface area contributed by atoms with Gasteiger partial charge in [0, 0.05) is 19.1 Å². The molecule has 0 spiro atoms. The van der Waals surface area contributed by atoms with Crippen LogP contribution in [0.25, 0.3) is 10.9 Å². The van der Waals surface area contributed by atoms with Crippen molar-refractivity contribution in [2.24, 2.45) is 0 Å². The molecule has 1 atom stereocenters. The number of aromatic nitrogens is 3. The summed E-state index contributed by atoms with van der Waals surface area (Å²) in [6, 6.07) is 3.42. The smallest absolute Gasteiger partial charge is 0.280 e. The summed E-state index contributed by atoms with van der Waals surface area (Å²) >= 11 is 5.85. The molecule has 1 aliphatic rings. The van der Waals surface area contributed by atoms with E-state index in [0.29, 0.717) is 12.1 Å². The van der Waals surface area contributed by atoms with E-state index in [1.807, 2.05) is 0 Å². The molecule has 1 N–H and O–H groups in total. The summed E-state index contributed by atoms with van der Waals surface area (Å²) < 4.78 is 42.5. The maximum Gasteiger partial charge on any atom is 0.280 e. The minimum atomic E-state index is -4.04. The second kappa shape index (κ2) is 8.38. The number of aromatic hydroxyl groups is 1. The van der Waals surface area contributed by atoms with Crippen LogP contribution in [-0.2, 0) is 16.4 Å². The molecule has 0 fully saturated rings. The van der Waals surface area contributed by atoms with E-state index in [0.717, 1.165) is 10.7 Å². The molecule has 12 heteroatoms. The summed E-state index contributed by atoms with van der Waals surface area (Å²) in [4.78, 5) is 28.0. The second-order valence-electron chi connectivity index (χ2n) is 8.59. The maximum absolute atomic E-state index is 13.6. The highest BCUT2D eigenvalue weighted by Gasteiger charge is 2.39. The first-order valence-electron chi connectivity index (χ1n) is 10.7. The highest BCUT2D eigenvalue weighted by atomic mass is 35.5. The first kappa shape index (κ1) is 24.2. The molecule has 2 aromatic heterocycles. The fraction of sp³-hybridized carbons (Fsp3) is 0.409. The van der Waals surface area contributed by atoms with Gasteiger partial charge in [-0.05, 0) is 45.4 Å². The molecule has 4 rings (SSSR count). The number of amides is 1. The number of nitrogens with zero attached hydrogens (tertiary/aromatic N) is 4. The number of carbonyl (C=O) groups excluding carboxylic acids is 1. The molecule has 34 heavy (non-hydrogen) atoms. The minimum Gasteiger partial charge on any atom is -0.505 e. The molecule has 0 bridgehead atoms. The molecule has 3 heterocycles. The standard InChI is InChI=1S/C22H24ClFN4O5S/c1-5-26-9-12(4)28-17-16(19(29)18(28)22(26)31)21(30)27(25-20(17)34(32,33)11(2)3)10-13-6-7-15(24)14(23)8-13/h6-8,11-12,29H,5,9-10H2,1-4H3/t12-/m0/s1. The van der Waals surface area contributed by atoms with Gasteiger partial charge in [-0.2, -0.15) is 5.10 Å². The lowest BCUT2D eigenvalue weighted by Gasteiger charge is -2.32. The van der Waals surface area contributed by atoms with Gasteiger partial charge in [0.15, 0.2) is 11.4 Å². The van der Waals surface area contributed by atoms with E-state index in [2.05, 4.69) is 5.10 Å². The first-order chi connectivity index (χ1) is 15.9. The summed E-state index contributed by atoms with van der Waals surface area (Å²) in [5, 5.41) is 13.5. The number of likely N-dealkylation sites (N-methyl/N-ethyl adjacent to an activating group) is 1. The average Bonchev–Trinajstić information content (AvgIpc) is 3.09. The molecule has 1 aliphatic heterocycles. The number of hydrogen-bond acceptors (Lipinski definition) is 6. The van der Waals surface area contributed by atoms with Crippen molar-refractivity contribution in [3.63, 3.8) is 0 Å². The molecule has 0 unspecified atom stereocenters. The van der Waals surface area contributed by atoms with Crippen molar-refractivity contribution in [2.45, 2.75) is 50.6 Å². The van der Waals surface area contributed by atoms with Gasteiger partial charge in [-0.1, -0.05) is 17.7 Å². The number of benzene rings is 1. The van der Waals surface area contributed by atoms with Gasteiger partial charge in [0.05, 0.1) is 22.3 Å². The van der Waals surface area contributed by atoms with Crippen LogP contribution in [0.3, 0.4) is 0 Å². The van der Waals surface area contributed by atoms with Gasteiger partial charge in [0.1, 0.15) is 11.2 Å². The first-order valence-corrected chi connectivity index (χ1v) is 12.7. The van der Waals surface area contributed by atoms with Crippen molar-refractivity contribution < 1.29 is 22.7 Å². The molecule has 9 nitrogen and oxygen atoms in total. The zero-order valence-corrected chi connectivity index (χ0v) is 20.6. The van der Waals surface area contributed by atoms with Crippen molar-refractivity contribution in [1.29, 1.82) is 0 Å². The van der Waals surface area contributed by atoms with Crippen LogP contribution in [0.1, 0.15) is 49.8 Å². The fourth-order valence-electron chi connectivity index (χ4n) is 4.20. The Labute approximate surface area is 200 Å². The van der Waals surface area contributed by atoms with Gasteiger partial charge in [0.2, 0.25) is 14.9 Å². The summed E-state index contributed by atoms with van der Waals surface area (Å²) in [7, 11) is -4.04. The number of sulfone groups is 1. The topological polar surface area (TPSA) is 114 Å². The number of halogens is 2. The predicted octanol–water partition coefficient (Wildman–Crippen LogP) is 2.96. The van der Waals surface area contributed by atoms with E-state index < -0.39 is 49.2 Å². The van der Waals surface area contributed by atoms with Crippen LogP contribution in [0.5, 0.6) is 5.75 Å². The zero-order chi connectivity index (χ0) is 25.1. The molecular formula is C22H24ClFN4O5S. The molecule has 1 aromatic carbocycles. The third-order valence-electron chi connectivity index (χ3n) is 6.05.